The maximum absolute atomic E-state index is 12.4. The Hall–Kier alpha value is -2.08. The zero-order chi connectivity index (χ0) is 22.0. The SMILES string of the molecule is COC(=O)C(CC1CCCCC1)NC[C@@H](NC(=O)OCc1ccccc1)C(C)(C)C. The molecule has 168 valence electrons. The maximum Gasteiger partial charge on any atom is 0.407 e. The molecule has 1 aromatic rings. The van der Waals surface area contributed by atoms with Gasteiger partial charge >= 0.3 is 12.1 Å². The highest BCUT2D eigenvalue weighted by Crippen LogP contribution is 2.28. The van der Waals surface area contributed by atoms with Gasteiger partial charge in [-0.25, -0.2) is 4.79 Å². The molecule has 6 heteroatoms. The van der Waals surface area contributed by atoms with Crippen LogP contribution in [0.1, 0.15) is 64.9 Å². The monoisotopic (exact) mass is 418 g/mol. The second-order valence-corrected chi connectivity index (χ2v) is 9.35. The predicted molar refractivity (Wildman–Crippen MR) is 118 cm³/mol. The molecule has 0 aromatic heterocycles. The molecule has 0 heterocycles. The number of hydrogen-bond acceptors (Lipinski definition) is 5. The van der Waals surface area contributed by atoms with E-state index in [2.05, 4.69) is 31.4 Å². The van der Waals surface area contributed by atoms with Gasteiger partial charge in [-0.05, 0) is 23.3 Å². The summed E-state index contributed by atoms with van der Waals surface area (Å²) >= 11 is 0. The Morgan fingerprint density at radius 3 is 2.37 bits per heavy atom. The van der Waals surface area contributed by atoms with Crippen molar-refractivity contribution in [3.63, 3.8) is 0 Å². The summed E-state index contributed by atoms with van der Waals surface area (Å²) < 4.78 is 10.4. The van der Waals surface area contributed by atoms with Crippen LogP contribution < -0.4 is 10.6 Å². The first-order valence-electron chi connectivity index (χ1n) is 11.1. The van der Waals surface area contributed by atoms with Crippen molar-refractivity contribution in [3.8, 4) is 0 Å². The number of amides is 1. The number of esters is 1. The fourth-order valence-corrected chi connectivity index (χ4v) is 3.90. The minimum atomic E-state index is -0.456. The van der Waals surface area contributed by atoms with E-state index in [9.17, 15) is 9.59 Å². The molecule has 2 rings (SSSR count). The van der Waals surface area contributed by atoms with Gasteiger partial charge in [-0.15, -0.1) is 0 Å². The van der Waals surface area contributed by atoms with Crippen molar-refractivity contribution in [2.45, 2.75) is 78.0 Å². The number of nitrogens with one attached hydrogen (secondary N) is 2. The first kappa shape index (κ1) is 24.2. The molecule has 0 spiro atoms. The Kier molecular flexibility index (Phi) is 9.63. The van der Waals surface area contributed by atoms with Crippen molar-refractivity contribution < 1.29 is 19.1 Å². The second kappa shape index (κ2) is 11.9. The van der Waals surface area contributed by atoms with Crippen molar-refractivity contribution in [3.05, 3.63) is 35.9 Å². The number of ether oxygens (including phenoxy) is 2. The molecule has 0 saturated heterocycles. The normalized spacial score (nSPS) is 17.1. The summed E-state index contributed by atoms with van der Waals surface area (Å²) in [5.41, 5.74) is 0.737. The van der Waals surface area contributed by atoms with Gasteiger partial charge in [0, 0.05) is 12.6 Å². The van der Waals surface area contributed by atoms with Crippen LogP contribution in [-0.4, -0.2) is 37.8 Å². The number of rotatable bonds is 9. The third-order valence-corrected chi connectivity index (χ3v) is 5.90. The van der Waals surface area contributed by atoms with E-state index in [1.165, 1.54) is 39.2 Å². The number of carbonyl (C=O) groups excluding carboxylic acids is 2. The molecule has 0 bridgehead atoms. The summed E-state index contributed by atoms with van der Waals surface area (Å²) in [5.74, 6) is 0.312. The molecule has 1 aromatic carbocycles. The Bertz CT molecular complexity index is 651. The molecular weight excluding hydrogens is 380 g/mol. The molecule has 2 N–H and O–H groups in total. The fraction of sp³-hybridized carbons (Fsp3) is 0.667. The van der Waals surface area contributed by atoms with Gasteiger partial charge in [0.05, 0.1) is 7.11 Å². The minimum absolute atomic E-state index is 0.195. The van der Waals surface area contributed by atoms with Gasteiger partial charge in [0.25, 0.3) is 0 Å². The third-order valence-electron chi connectivity index (χ3n) is 5.90. The molecular formula is C24H38N2O4. The van der Waals surface area contributed by atoms with Crippen LogP contribution in [0, 0.1) is 11.3 Å². The van der Waals surface area contributed by atoms with E-state index in [4.69, 9.17) is 9.47 Å². The van der Waals surface area contributed by atoms with E-state index in [0.717, 1.165) is 12.0 Å². The highest BCUT2D eigenvalue weighted by molar-refractivity contribution is 5.75. The van der Waals surface area contributed by atoms with Crippen LogP contribution in [0.25, 0.3) is 0 Å². The van der Waals surface area contributed by atoms with Crippen LogP contribution in [0.15, 0.2) is 30.3 Å². The Balaban J connectivity index is 1.91. The average molecular weight is 419 g/mol. The van der Waals surface area contributed by atoms with Crippen LogP contribution in [0.2, 0.25) is 0 Å². The summed E-state index contributed by atoms with van der Waals surface area (Å²) in [6, 6.07) is 9.04. The summed E-state index contributed by atoms with van der Waals surface area (Å²) in [6.45, 7) is 6.88. The lowest BCUT2D eigenvalue weighted by molar-refractivity contribution is -0.143. The van der Waals surface area contributed by atoms with Crippen molar-refractivity contribution in [2.24, 2.45) is 11.3 Å². The summed E-state index contributed by atoms with van der Waals surface area (Å²) in [5, 5.41) is 6.33. The standard InChI is InChI=1S/C24H38N2O4/c1-24(2,3)21(26-23(28)30-17-19-13-9-6-10-14-19)16-25-20(22(27)29-4)15-18-11-7-5-8-12-18/h6,9-10,13-14,18,20-21,25H,5,7-8,11-12,15-17H2,1-4H3,(H,26,28)/t20?,21-/m1/s1. The van der Waals surface area contributed by atoms with Crippen molar-refractivity contribution >= 4 is 12.1 Å². The van der Waals surface area contributed by atoms with E-state index in [1.807, 2.05) is 30.3 Å². The molecule has 30 heavy (non-hydrogen) atoms. The topological polar surface area (TPSA) is 76.7 Å². The van der Waals surface area contributed by atoms with Crippen molar-refractivity contribution in [1.82, 2.24) is 10.6 Å². The summed E-state index contributed by atoms with van der Waals surface area (Å²) in [7, 11) is 1.43. The first-order chi connectivity index (χ1) is 14.3. The number of hydrogen-bond donors (Lipinski definition) is 2. The van der Waals surface area contributed by atoms with Crippen LogP contribution in [0.5, 0.6) is 0 Å². The largest absolute Gasteiger partial charge is 0.468 e. The van der Waals surface area contributed by atoms with Gasteiger partial charge in [-0.3, -0.25) is 4.79 Å². The van der Waals surface area contributed by atoms with Gasteiger partial charge < -0.3 is 20.1 Å². The van der Waals surface area contributed by atoms with Gasteiger partial charge in [0.15, 0.2) is 0 Å². The van der Waals surface area contributed by atoms with E-state index in [-0.39, 0.29) is 30.1 Å². The van der Waals surface area contributed by atoms with Crippen LogP contribution in [0.4, 0.5) is 4.79 Å². The Morgan fingerprint density at radius 1 is 1.10 bits per heavy atom. The van der Waals surface area contributed by atoms with Crippen molar-refractivity contribution in [1.29, 1.82) is 0 Å². The molecule has 0 aliphatic heterocycles. The Morgan fingerprint density at radius 2 is 1.77 bits per heavy atom. The van der Waals surface area contributed by atoms with E-state index < -0.39 is 6.09 Å². The molecule has 2 atom stereocenters. The highest BCUT2D eigenvalue weighted by Gasteiger charge is 2.30. The molecule has 1 unspecified atom stereocenters. The lowest BCUT2D eigenvalue weighted by Gasteiger charge is -2.33. The minimum Gasteiger partial charge on any atom is -0.468 e. The molecule has 1 fully saturated rings. The van der Waals surface area contributed by atoms with E-state index >= 15 is 0 Å². The van der Waals surface area contributed by atoms with Gasteiger partial charge in [0.2, 0.25) is 0 Å². The van der Waals surface area contributed by atoms with Gasteiger partial charge in [0.1, 0.15) is 12.6 Å². The lowest BCUT2D eigenvalue weighted by atomic mass is 9.84. The summed E-state index contributed by atoms with van der Waals surface area (Å²) in [6.07, 6.45) is 6.41. The van der Waals surface area contributed by atoms with Crippen molar-refractivity contribution in [2.75, 3.05) is 13.7 Å². The molecule has 1 aliphatic rings. The zero-order valence-electron chi connectivity index (χ0n) is 18.9. The van der Waals surface area contributed by atoms with Gasteiger partial charge in [-0.2, -0.15) is 0 Å². The van der Waals surface area contributed by atoms with Gasteiger partial charge in [-0.1, -0.05) is 83.2 Å². The molecule has 0 radical (unpaired) electrons. The molecule has 1 saturated carbocycles. The predicted octanol–water partition coefficient (Wildman–Crippen LogP) is 4.43. The fourth-order valence-electron chi connectivity index (χ4n) is 3.90. The number of benzene rings is 1. The highest BCUT2D eigenvalue weighted by atomic mass is 16.5. The van der Waals surface area contributed by atoms with Crippen LogP contribution in [0.3, 0.4) is 0 Å². The number of methoxy groups -OCH3 is 1. The smallest absolute Gasteiger partial charge is 0.407 e. The van der Waals surface area contributed by atoms with Crippen LogP contribution >= 0.6 is 0 Å². The first-order valence-corrected chi connectivity index (χ1v) is 11.1. The number of alkyl carbamates (subject to hydrolysis) is 1. The average Bonchev–Trinajstić information content (AvgIpc) is 2.74. The number of carbonyl (C=O) groups is 2. The van der Waals surface area contributed by atoms with E-state index in [1.54, 1.807) is 0 Å². The third kappa shape index (κ3) is 8.34. The molecule has 6 nitrogen and oxygen atoms in total. The van der Waals surface area contributed by atoms with Crippen LogP contribution in [-0.2, 0) is 20.9 Å². The second-order valence-electron chi connectivity index (χ2n) is 9.35. The lowest BCUT2D eigenvalue weighted by Crippen LogP contribution is -2.53. The molecule has 1 aliphatic carbocycles. The van der Waals surface area contributed by atoms with E-state index in [0.29, 0.717) is 12.5 Å². The Labute approximate surface area is 181 Å². The molecule has 1 amide bonds. The zero-order valence-corrected chi connectivity index (χ0v) is 18.9. The quantitative estimate of drug-likeness (QED) is 0.580. The maximum atomic E-state index is 12.4. The summed E-state index contributed by atoms with van der Waals surface area (Å²) in [4.78, 5) is 24.7.